The molecule has 0 aromatic heterocycles. The van der Waals surface area contributed by atoms with Gasteiger partial charge in [-0.1, -0.05) is 0 Å². The van der Waals surface area contributed by atoms with Crippen molar-refractivity contribution in [3.8, 4) is 0 Å². The van der Waals surface area contributed by atoms with Crippen LogP contribution >= 0.6 is 0 Å². The monoisotopic (exact) mass is 406 g/mol. The number of benzene rings is 1. The van der Waals surface area contributed by atoms with Crippen molar-refractivity contribution >= 4 is 12.1 Å². The van der Waals surface area contributed by atoms with Crippen LogP contribution in [0.5, 0.6) is 0 Å². The summed E-state index contributed by atoms with van der Waals surface area (Å²) in [5, 5.41) is 20.7. The van der Waals surface area contributed by atoms with E-state index in [-0.39, 0.29) is 25.2 Å². The summed E-state index contributed by atoms with van der Waals surface area (Å²) in [6, 6.07) is 3.30. The highest BCUT2D eigenvalue weighted by atomic mass is 16.6. The molecular weight excluding hydrogens is 376 g/mol. The van der Waals surface area contributed by atoms with Crippen LogP contribution in [0.1, 0.15) is 53.9 Å². The van der Waals surface area contributed by atoms with E-state index in [0.29, 0.717) is 31.7 Å². The Morgan fingerprint density at radius 1 is 1.34 bits per heavy atom. The minimum atomic E-state index is -0.780. The summed E-state index contributed by atoms with van der Waals surface area (Å²) >= 11 is 0. The molecule has 2 N–H and O–H groups in total. The number of aryl methyl sites for hydroxylation is 1. The molecule has 2 aliphatic heterocycles. The number of carbonyl (C=O) groups excluding carboxylic acids is 2. The van der Waals surface area contributed by atoms with Crippen LogP contribution < -0.4 is 0 Å². The van der Waals surface area contributed by atoms with Gasteiger partial charge in [-0.05, 0) is 51.0 Å². The van der Waals surface area contributed by atoms with Crippen LogP contribution in [-0.2, 0) is 16.1 Å². The Morgan fingerprint density at radius 3 is 2.72 bits per heavy atom. The molecular formula is C21H30N2O6. The topological polar surface area (TPSA) is 99.5 Å². The van der Waals surface area contributed by atoms with Gasteiger partial charge in [0.25, 0.3) is 0 Å². The fraction of sp³-hybridized carbons (Fsp3) is 0.619. The molecule has 1 aromatic carbocycles. The highest BCUT2D eigenvalue weighted by Crippen LogP contribution is 2.28. The van der Waals surface area contributed by atoms with E-state index in [4.69, 9.17) is 9.47 Å². The third-order valence-corrected chi connectivity index (χ3v) is 5.30. The van der Waals surface area contributed by atoms with E-state index in [9.17, 15) is 19.8 Å². The molecule has 3 rings (SSSR count). The number of nitrogens with zero attached hydrogens (tertiary/aromatic N) is 2. The van der Waals surface area contributed by atoms with Gasteiger partial charge in [0.15, 0.2) is 0 Å². The highest BCUT2D eigenvalue weighted by molar-refractivity contribution is 5.93. The Morgan fingerprint density at radius 2 is 2.07 bits per heavy atom. The van der Waals surface area contributed by atoms with Crippen molar-refractivity contribution in [1.29, 1.82) is 0 Å². The number of aliphatic hydroxyl groups excluding tert-OH is 2. The molecule has 0 aliphatic carbocycles. The quantitative estimate of drug-likeness (QED) is 0.733. The van der Waals surface area contributed by atoms with Crippen LogP contribution in [0.2, 0.25) is 0 Å². The normalized spacial score (nSPS) is 21.0. The number of fused-ring (bicyclic) bond motifs is 1. The second kappa shape index (κ2) is 8.30. The number of carbonyl (C=O) groups is 2. The summed E-state index contributed by atoms with van der Waals surface area (Å²) in [6.45, 7) is 9.05. The van der Waals surface area contributed by atoms with E-state index in [1.807, 2.05) is 38.7 Å². The van der Waals surface area contributed by atoms with Gasteiger partial charge in [0.05, 0.1) is 24.3 Å². The maximum Gasteiger partial charge on any atom is 0.410 e. The average molecular weight is 406 g/mol. The lowest BCUT2D eigenvalue weighted by atomic mass is 9.96. The summed E-state index contributed by atoms with van der Waals surface area (Å²) in [4.78, 5) is 27.6. The molecule has 2 atom stereocenters. The van der Waals surface area contributed by atoms with Crippen molar-refractivity contribution in [1.82, 2.24) is 9.80 Å². The van der Waals surface area contributed by atoms with Crippen LogP contribution in [0, 0.1) is 6.92 Å². The Labute approximate surface area is 171 Å². The van der Waals surface area contributed by atoms with Gasteiger partial charge >= 0.3 is 12.1 Å². The molecule has 1 saturated heterocycles. The molecule has 2 aliphatic rings. The number of hydrogen-bond donors (Lipinski definition) is 2. The minimum Gasteiger partial charge on any atom is -0.457 e. The van der Waals surface area contributed by atoms with Gasteiger partial charge in [-0.2, -0.15) is 0 Å². The van der Waals surface area contributed by atoms with Gasteiger partial charge in [0, 0.05) is 31.7 Å². The number of piperazine rings is 1. The van der Waals surface area contributed by atoms with Crippen molar-refractivity contribution in [2.24, 2.45) is 0 Å². The van der Waals surface area contributed by atoms with Gasteiger partial charge in [0.2, 0.25) is 0 Å². The maximum absolute atomic E-state index is 12.3. The Hall–Kier alpha value is -2.16. The molecule has 0 bridgehead atoms. The third-order valence-electron chi connectivity index (χ3n) is 5.30. The van der Waals surface area contributed by atoms with Crippen LogP contribution in [0.3, 0.4) is 0 Å². The fourth-order valence-corrected chi connectivity index (χ4v) is 3.78. The smallest absolute Gasteiger partial charge is 0.410 e. The standard InChI is InChI=1S/C21H30N2O6/c1-13-7-17-14(12-28-19(17)26)8-16(13)18(25)10-22-5-6-23(9-15(22)11-24)20(27)29-21(2,3)4/h7-8,15,18,24-25H,5-6,9-12H2,1-4H3/t15-,18?/m0/s1. The number of aliphatic hydroxyl groups is 2. The molecule has 0 saturated carbocycles. The number of amides is 1. The molecule has 29 heavy (non-hydrogen) atoms. The van der Waals surface area contributed by atoms with E-state index in [1.165, 1.54) is 0 Å². The lowest BCUT2D eigenvalue weighted by Crippen LogP contribution is -2.57. The molecule has 1 fully saturated rings. The van der Waals surface area contributed by atoms with E-state index in [1.54, 1.807) is 11.0 Å². The first-order valence-electron chi connectivity index (χ1n) is 9.90. The summed E-state index contributed by atoms with van der Waals surface area (Å²) in [5.74, 6) is -0.331. The summed E-state index contributed by atoms with van der Waals surface area (Å²) in [7, 11) is 0. The number of rotatable bonds is 4. The van der Waals surface area contributed by atoms with Gasteiger partial charge in [-0.15, -0.1) is 0 Å². The predicted molar refractivity (Wildman–Crippen MR) is 106 cm³/mol. The lowest BCUT2D eigenvalue weighted by Gasteiger charge is -2.41. The van der Waals surface area contributed by atoms with Crippen LogP contribution in [-0.4, -0.2) is 76.5 Å². The highest BCUT2D eigenvalue weighted by Gasteiger charge is 2.33. The molecule has 8 heteroatoms. The molecule has 160 valence electrons. The maximum atomic E-state index is 12.3. The number of esters is 1. The minimum absolute atomic E-state index is 0.127. The zero-order chi connectivity index (χ0) is 21.3. The molecule has 8 nitrogen and oxygen atoms in total. The van der Waals surface area contributed by atoms with E-state index >= 15 is 0 Å². The van der Waals surface area contributed by atoms with Gasteiger partial charge < -0.3 is 24.6 Å². The summed E-state index contributed by atoms with van der Waals surface area (Å²) < 4.78 is 10.5. The summed E-state index contributed by atoms with van der Waals surface area (Å²) in [6.07, 6.45) is -1.17. The molecule has 2 heterocycles. The van der Waals surface area contributed by atoms with E-state index in [0.717, 1.165) is 16.7 Å². The second-order valence-corrected chi connectivity index (χ2v) is 8.72. The lowest BCUT2D eigenvalue weighted by molar-refractivity contribution is -0.0148. The van der Waals surface area contributed by atoms with E-state index < -0.39 is 17.8 Å². The average Bonchev–Trinajstić information content (AvgIpc) is 2.99. The molecule has 1 amide bonds. The predicted octanol–water partition coefficient (Wildman–Crippen LogP) is 1.61. The van der Waals surface area contributed by atoms with Crippen molar-refractivity contribution in [2.75, 3.05) is 32.8 Å². The molecule has 0 radical (unpaired) electrons. The number of cyclic esters (lactones) is 1. The number of β-amino-alcohol motifs (C(OH)–C–C–N with tert-alkyl or cyclic N) is 1. The van der Waals surface area contributed by atoms with Gasteiger partial charge in [0.1, 0.15) is 12.2 Å². The first-order valence-corrected chi connectivity index (χ1v) is 9.90. The molecule has 0 spiro atoms. The van der Waals surface area contributed by atoms with E-state index in [2.05, 4.69) is 0 Å². The molecule has 1 unspecified atom stereocenters. The second-order valence-electron chi connectivity index (χ2n) is 8.72. The zero-order valence-electron chi connectivity index (χ0n) is 17.5. The van der Waals surface area contributed by atoms with Crippen LogP contribution in [0.4, 0.5) is 4.79 Å². The van der Waals surface area contributed by atoms with Crippen molar-refractivity contribution < 1.29 is 29.3 Å². The number of ether oxygens (including phenoxy) is 2. The zero-order valence-corrected chi connectivity index (χ0v) is 17.5. The van der Waals surface area contributed by atoms with Gasteiger partial charge in [-0.25, -0.2) is 9.59 Å². The third kappa shape index (κ3) is 4.88. The SMILES string of the molecule is Cc1cc2c(cc1C(O)CN1CCN(C(=O)OC(C)(C)C)C[C@H]1CO)COC2=O. The van der Waals surface area contributed by atoms with Crippen molar-refractivity contribution in [2.45, 2.75) is 52.0 Å². The summed E-state index contributed by atoms with van der Waals surface area (Å²) in [5.41, 5.74) is 2.33. The Kier molecular flexibility index (Phi) is 6.16. The van der Waals surface area contributed by atoms with Crippen LogP contribution in [0.25, 0.3) is 0 Å². The number of hydrogen-bond acceptors (Lipinski definition) is 7. The molecule has 1 aromatic rings. The van der Waals surface area contributed by atoms with Crippen molar-refractivity contribution in [3.05, 3.63) is 34.4 Å². The van der Waals surface area contributed by atoms with Crippen molar-refractivity contribution in [3.63, 3.8) is 0 Å². The first-order chi connectivity index (χ1) is 13.6. The fourth-order valence-electron chi connectivity index (χ4n) is 3.78. The van der Waals surface area contributed by atoms with Gasteiger partial charge in [-0.3, -0.25) is 4.90 Å². The first kappa shape index (κ1) is 21.5. The van der Waals surface area contributed by atoms with Crippen LogP contribution in [0.15, 0.2) is 12.1 Å². The Balaban J connectivity index is 1.66. The largest absolute Gasteiger partial charge is 0.457 e. The Bertz CT molecular complexity index is 788.